The molecular formula is C13H19FN2O2. The fourth-order valence-corrected chi connectivity index (χ4v) is 1.95. The van der Waals surface area contributed by atoms with E-state index in [1.54, 1.807) is 0 Å². The third-order valence-electron chi connectivity index (χ3n) is 2.70. The summed E-state index contributed by atoms with van der Waals surface area (Å²) in [7, 11) is 0. The molecule has 18 heavy (non-hydrogen) atoms. The lowest BCUT2D eigenvalue weighted by atomic mass is 10.0. The summed E-state index contributed by atoms with van der Waals surface area (Å²) in [6.07, 6.45) is 0.975. The molecule has 1 atom stereocenters. The largest absolute Gasteiger partial charge is 0.310 e. The molecule has 1 N–H and O–H groups in total. The van der Waals surface area contributed by atoms with Crippen LogP contribution in [-0.4, -0.2) is 11.0 Å². The second kappa shape index (κ2) is 6.44. The van der Waals surface area contributed by atoms with E-state index in [1.165, 1.54) is 12.1 Å². The van der Waals surface area contributed by atoms with E-state index in [2.05, 4.69) is 19.2 Å². The highest BCUT2D eigenvalue weighted by Crippen LogP contribution is 2.19. The molecule has 0 aliphatic rings. The molecule has 0 bridgehead atoms. The van der Waals surface area contributed by atoms with Crippen LogP contribution in [0.4, 0.5) is 10.1 Å². The van der Waals surface area contributed by atoms with Crippen molar-refractivity contribution in [1.82, 2.24) is 5.32 Å². The molecule has 0 saturated heterocycles. The molecular weight excluding hydrogens is 235 g/mol. The maximum Gasteiger partial charge on any atom is 0.274 e. The average molecular weight is 254 g/mol. The number of benzene rings is 1. The number of hydrogen-bond donors (Lipinski definition) is 1. The van der Waals surface area contributed by atoms with Crippen LogP contribution < -0.4 is 5.32 Å². The van der Waals surface area contributed by atoms with Gasteiger partial charge in [0.05, 0.1) is 4.92 Å². The van der Waals surface area contributed by atoms with Gasteiger partial charge in [-0.05, 0) is 31.4 Å². The lowest BCUT2D eigenvalue weighted by Gasteiger charge is -2.15. The molecule has 0 aliphatic heterocycles. The number of nitro groups is 1. The second-order valence-corrected chi connectivity index (χ2v) is 4.94. The van der Waals surface area contributed by atoms with E-state index in [0.717, 1.165) is 12.5 Å². The topological polar surface area (TPSA) is 55.2 Å². The first kappa shape index (κ1) is 14.6. The van der Waals surface area contributed by atoms with Crippen molar-refractivity contribution >= 4 is 5.69 Å². The Balaban J connectivity index is 2.71. The zero-order valence-electron chi connectivity index (χ0n) is 10.9. The summed E-state index contributed by atoms with van der Waals surface area (Å²) in [6, 6.07) is 3.78. The molecule has 4 nitrogen and oxygen atoms in total. The predicted octanol–water partition coefficient (Wildman–Crippen LogP) is 3.26. The SMILES string of the molecule is CC(C)CC(C)NCc1cc(F)ccc1[N+](=O)[O-]. The van der Waals surface area contributed by atoms with Crippen LogP contribution in [0.5, 0.6) is 0 Å². The highest BCUT2D eigenvalue weighted by atomic mass is 19.1. The monoisotopic (exact) mass is 254 g/mol. The van der Waals surface area contributed by atoms with Gasteiger partial charge in [0.2, 0.25) is 0 Å². The van der Waals surface area contributed by atoms with Crippen molar-refractivity contribution in [2.75, 3.05) is 0 Å². The van der Waals surface area contributed by atoms with Crippen LogP contribution in [-0.2, 0) is 6.54 Å². The predicted molar refractivity (Wildman–Crippen MR) is 68.8 cm³/mol. The van der Waals surface area contributed by atoms with Crippen molar-refractivity contribution in [3.63, 3.8) is 0 Å². The Kier molecular flexibility index (Phi) is 5.22. The minimum atomic E-state index is -0.483. The van der Waals surface area contributed by atoms with E-state index in [-0.39, 0.29) is 11.7 Å². The van der Waals surface area contributed by atoms with Crippen molar-refractivity contribution in [2.45, 2.75) is 39.8 Å². The van der Waals surface area contributed by atoms with E-state index in [0.29, 0.717) is 18.0 Å². The van der Waals surface area contributed by atoms with Crippen LogP contribution in [0.2, 0.25) is 0 Å². The van der Waals surface area contributed by atoms with E-state index >= 15 is 0 Å². The van der Waals surface area contributed by atoms with Gasteiger partial charge in [0.15, 0.2) is 0 Å². The van der Waals surface area contributed by atoms with Gasteiger partial charge in [0.1, 0.15) is 5.82 Å². The summed E-state index contributed by atoms with van der Waals surface area (Å²) in [5.41, 5.74) is 0.344. The molecule has 1 rings (SSSR count). The Hall–Kier alpha value is -1.49. The standard InChI is InChI=1S/C13H19FN2O2/c1-9(2)6-10(3)15-8-11-7-12(14)4-5-13(11)16(17)18/h4-5,7,9-10,15H,6,8H2,1-3H3. The number of nitrogens with zero attached hydrogens (tertiary/aromatic N) is 1. The first-order valence-corrected chi connectivity index (χ1v) is 6.06. The van der Waals surface area contributed by atoms with Gasteiger partial charge in [-0.15, -0.1) is 0 Å². The van der Waals surface area contributed by atoms with E-state index in [1.807, 2.05) is 6.92 Å². The first-order valence-electron chi connectivity index (χ1n) is 6.06. The molecule has 0 amide bonds. The van der Waals surface area contributed by atoms with Crippen molar-refractivity contribution < 1.29 is 9.31 Å². The van der Waals surface area contributed by atoms with Gasteiger partial charge in [0.25, 0.3) is 5.69 Å². The molecule has 5 heteroatoms. The highest BCUT2D eigenvalue weighted by Gasteiger charge is 2.15. The van der Waals surface area contributed by atoms with Gasteiger partial charge in [-0.2, -0.15) is 0 Å². The number of nitro benzene ring substituents is 1. The van der Waals surface area contributed by atoms with Crippen LogP contribution in [0.15, 0.2) is 18.2 Å². The maximum absolute atomic E-state index is 13.1. The Bertz CT molecular complexity index is 421. The smallest absolute Gasteiger partial charge is 0.274 e. The molecule has 1 aromatic rings. The summed E-state index contributed by atoms with van der Waals surface area (Å²) in [5.74, 6) is 0.101. The molecule has 0 fully saturated rings. The molecule has 1 aromatic carbocycles. The molecule has 0 heterocycles. The lowest BCUT2D eigenvalue weighted by molar-refractivity contribution is -0.385. The van der Waals surface area contributed by atoms with E-state index in [9.17, 15) is 14.5 Å². The molecule has 0 saturated carbocycles. The van der Waals surface area contributed by atoms with Crippen molar-refractivity contribution in [3.05, 3.63) is 39.7 Å². The van der Waals surface area contributed by atoms with Crippen molar-refractivity contribution in [1.29, 1.82) is 0 Å². The van der Waals surface area contributed by atoms with Gasteiger partial charge in [-0.1, -0.05) is 13.8 Å². The number of hydrogen-bond acceptors (Lipinski definition) is 3. The Morgan fingerprint density at radius 2 is 2.06 bits per heavy atom. The number of rotatable bonds is 6. The van der Waals surface area contributed by atoms with Gasteiger partial charge in [-0.25, -0.2) is 4.39 Å². The van der Waals surface area contributed by atoms with Crippen LogP contribution in [0.1, 0.15) is 32.8 Å². The van der Waals surface area contributed by atoms with Crippen molar-refractivity contribution in [3.8, 4) is 0 Å². The Morgan fingerprint density at radius 3 is 2.61 bits per heavy atom. The fraction of sp³-hybridized carbons (Fsp3) is 0.538. The quantitative estimate of drug-likeness (QED) is 0.626. The minimum absolute atomic E-state index is 0.0411. The Labute approximate surface area is 106 Å². The summed E-state index contributed by atoms with van der Waals surface area (Å²) in [5, 5.41) is 14.0. The van der Waals surface area contributed by atoms with Gasteiger partial charge >= 0.3 is 0 Å². The molecule has 0 radical (unpaired) electrons. The zero-order valence-corrected chi connectivity index (χ0v) is 10.9. The fourth-order valence-electron chi connectivity index (χ4n) is 1.95. The average Bonchev–Trinajstić information content (AvgIpc) is 2.25. The molecule has 0 spiro atoms. The summed E-state index contributed by atoms with van der Waals surface area (Å²) < 4.78 is 13.1. The first-order chi connectivity index (χ1) is 8.40. The van der Waals surface area contributed by atoms with Gasteiger partial charge in [-0.3, -0.25) is 10.1 Å². The zero-order chi connectivity index (χ0) is 13.7. The van der Waals surface area contributed by atoms with Crippen molar-refractivity contribution in [2.24, 2.45) is 5.92 Å². The summed E-state index contributed by atoms with van der Waals surface area (Å²) in [6.45, 7) is 6.55. The minimum Gasteiger partial charge on any atom is -0.310 e. The van der Waals surface area contributed by atoms with Crippen LogP contribution in [0.25, 0.3) is 0 Å². The molecule has 1 unspecified atom stereocenters. The third-order valence-corrected chi connectivity index (χ3v) is 2.70. The molecule has 0 aliphatic carbocycles. The molecule has 0 aromatic heterocycles. The lowest BCUT2D eigenvalue weighted by Crippen LogP contribution is -2.27. The molecule has 100 valence electrons. The van der Waals surface area contributed by atoms with Gasteiger partial charge in [0, 0.05) is 24.2 Å². The van der Waals surface area contributed by atoms with Crippen LogP contribution in [0, 0.1) is 21.8 Å². The van der Waals surface area contributed by atoms with E-state index in [4.69, 9.17) is 0 Å². The number of nitrogens with one attached hydrogen (secondary N) is 1. The summed E-state index contributed by atoms with van der Waals surface area (Å²) >= 11 is 0. The highest BCUT2D eigenvalue weighted by molar-refractivity contribution is 5.40. The van der Waals surface area contributed by atoms with Gasteiger partial charge < -0.3 is 5.32 Å². The van der Waals surface area contributed by atoms with Crippen LogP contribution in [0.3, 0.4) is 0 Å². The van der Waals surface area contributed by atoms with E-state index < -0.39 is 10.7 Å². The number of halogens is 1. The maximum atomic E-state index is 13.1. The van der Waals surface area contributed by atoms with Crippen LogP contribution >= 0.6 is 0 Å². The normalized spacial score (nSPS) is 12.7. The second-order valence-electron chi connectivity index (χ2n) is 4.94. The third kappa shape index (κ3) is 4.41. The Morgan fingerprint density at radius 1 is 1.39 bits per heavy atom. The summed E-state index contributed by atoms with van der Waals surface area (Å²) in [4.78, 5) is 10.3.